The molecule has 0 saturated carbocycles. The highest BCUT2D eigenvalue weighted by Crippen LogP contribution is 2.31. The van der Waals surface area contributed by atoms with E-state index in [0.29, 0.717) is 30.4 Å². The van der Waals surface area contributed by atoms with Crippen molar-refractivity contribution in [3.05, 3.63) is 22.6 Å². The fraction of sp³-hybridized carbons (Fsp3) is 0.417. The van der Waals surface area contributed by atoms with Gasteiger partial charge in [-0.05, 0) is 23.6 Å². The van der Waals surface area contributed by atoms with E-state index in [1.54, 1.807) is 12.1 Å². The van der Waals surface area contributed by atoms with E-state index in [0.717, 1.165) is 0 Å². The molecule has 2 amide bonds. The molecule has 0 unspecified atom stereocenters. The third-order valence-corrected chi connectivity index (χ3v) is 3.34. The molecule has 1 aromatic rings. The minimum atomic E-state index is -0.277. The first-order valence-corrected chi connectivity index (χ1v) is 6.42. The minimum absolute atomic E-state index is 0.0166. The van der Waals surface area contributed by atoms with Crippen molar-refractivity contribution in [3.8, 4) is 5.75 Å². The number of anilines is 2. The van der Waals surface area contributed by atoms with Crippen molar-refractivity contribution in [1.29, 1.82) is 0 Å². The zero-order valence-corrected chi connectivity index (χ0v) is 11.0. The van der Waals surface area contributed by atoms with Gasteiger partial charge in [-0.15, -0.1) is 0 Å². The van der Waals surface area contributed by atoms with Gasteiger partial charge in [-0.25, -0.2) is 4.98 Å². The van der Waals surface area contributed by atoms with E-state index in [4.69, 9.17) is 10.3 Å². The Kier molecular flexibility index (Phi) is 3.33. The molecule has 108 valence electrons. The Morgan fingerprint density at radius 2 is 2.38 bits per heavy atom. The molecule has 0 radical (unpaired) electrons. The number of ether oxygens (including phenoxy) is 1. The largest absolute Gasteiger partial charge is 0.480 e. The van der Waals surface area contributed by atoms with Crippen LogP contribution in [0, 0.1) is 5.92 Å². The summed E-state index contributed by atoms with van der Waals surface area (Å²) in [6.07, 6.45) is 0.320. The van der Waals surface area contributed by atoms with Gasteiger partial charge in [-0.3, -0.25) is 14.5 Å². The molecular formula is C12H12N6O3. The fourth-order valence-electron chi connectivity index (χ4n) is 2.38. The van der Waals surface area contributed by atoms with Crippen molar-refractivity contribution in [2.24, 2.45) is 11.0 Å². The Hall–Kier alpha value is -2.80. The van der Waals surface area contributed by atoms with E-state index in [1.807, 2.05) is 0 Å². The summed E-state index contributed by atoms with van der Waals surface area (Å²) in [5, 5.41) is 6.11. The van der Waals surface area contributed by atoms with E-state index in [-0.39, 0.29) is 30.9 Å². The van der Waals surface area contributed by atoms with Crippen LogP contribution in [0.2, 0.25) is 0 Å². The van der Waals surface area contributed by atoms with Gasteiger partial charge in [0.2, 0.25) is 5.91 Å². The van der Waals surface area contributed by atoms with Gasteiger partial charge in [-0.2, -0.15) is 0 Å². The highest BCUT2D eigenvalue weighted by atomic mass is 16.5. The van der Waals surface area contributed by atoms with E-state index >= 15 is 0 Å². The standard InChI is InChI=1S/C12H12N6O3/c13-17-14-4-7-3-11(20)18(5-7)9-2-1-8-12(15-9)16-10(19)6-21-8/h1-2,7H,3-6H2,(H,15,16,19)/t7-/m1/s1. The van der Waals surface area contributed by atoms with Crippen molar-refractivity contribution in [3.63, 3.8) is 0 Å². The summed E-state index contributed by atoms with van der Waals surface area (Å²) < 4.78 is 5.22. The molecule has 9 nitrogen and oxygen atoms in total. The summed E-state index contributed by atoms with van der Waals surface area (Å²) in [4.78, 5) is 31.8. The molecule has 9 heteroatoms. The van der Waals surface area contributed by atoms with Crippen molar-refractivity contribution in [1.82, 2.24) is 4.98 Å². The minimum Gasteiger partial charge on any atom is -0.480 e. The first-order valence-electron chi connectivity index (χ1n) is 6.42. The van der Waals surface area contributed by atoms with Crippen LogP contribution >= 0.6 is 0 Å². The maximum absolute atomic E-state index is 12.0. The van der Waals surface area contributed by atoms with Gasteiger partial charge in [0.25, 0.3) is 5.91 Å². The van der Waals surface area contributed by atoms with Gasteiger partial charge in [0.1, 0.15) is 5.82 Å². The number of aromatic nitrogens is 1. The number of rotatable bonds is 3. The van der Waals surface area contributed by atoms with E-state index in [1.165, 1.54) is 4.90 Å². The zero-order valence-electron chi connectivity index (χ0n) is 11.0. The molecule has 0 spiro atoms. The number of azide groups is 1. The summed E-state index contributed by atoms with van der Waals surface area (Å²) >= 11 is 0. The van der Waals surface area contributed by atoms with E-state index in [2.05, 4.69) is 20.3 Å². The molecule has 1 atom stereocenters. The first kappa shape index (κ1) is 13.2. The normalized spacial score (nSPS) is 20.4. The van der Waals surface area contributed by atoms with Crippen LogP contribution in [0.15, 0.2) is 17.2 Å². The SMILES string of the molecule is [N-]=[N+]=NC[C@H]1CC(=O)N(c2ccc3c(n2)NC(=O)CO3)C1. The summed E-state index contributed by atoms with van der Waals surface area (Å²) in [6.45, 7) is 0.687. The molecule has 21 heavy (non-hydrogen) atoms. The number of nitrogens with zero attached hydrogens (tertiary/aromatic N) is 5. The number of fused-ring (bicyclic) bond motifs is 1. The fourth-order valence-corrected chi connectivity index (χ4v) is 2.38. The van der Waals surface area contributed by atoms with Crippen LogP contribution in [0.25, 0.3) is 10.4 Å². The number of pyridine rings is 1. The molecule has 0 aromatic carbocycles. The predicted molar refractivity (Wildman–Crippen MR) is 72.8 cm³/mol. The predicted octanol–water partition coefficient (Wildman–Crippen LogP) is 1.08. The average Bonchev–Trinajstić information content (AvgIpc) is 2.85. The maximum atomic E-state index is 12.0. The van der Waals surface area contributed by atoms with Crippen molar-refractivity contribution in [2.75, 3.05) is 29.9 Å². The number of amides is 2. The number of hydrogen-bond donors (Lipinski definition) is 1. The van der Waals surface area contributed by atoms with Crippen LogP contribution in [0.3, 0.4) is 0 Å². The highest BCUT2D eigenvalue weighted by molar-refractivity contribution is 5.97. The Balaban J connectivity index is 1.81. The quantitative estimate of drug-likeness (QED) is 0.508. The lowest BCUT2D eigenvalue weighted by molar-refractivity contribution is -0.118. The van der Waals surface area contributed by atoms with E-state index in [9.17, 15) is 9.59 Å². The zero-order chi connectivity index (χ0) is 14.8. The molecule has 2 aliphatic rings. The lowest BCUT2D eigenvalue weighted by Gasteiger charge is -2.20. The van der Waals surface area contributed by atoms with Crippen LogP contribution in [0.1, 0.15) is 6.42 Å². The molecule has 0 aliphatic carbocycles. The lowest BCUT2D eigenvalue weighted by Crippen LogP contribution is -2.29. The molecule has 1 saturated heterocycles. The molecule has 3 heterocycles. The van der Waals surface area contributed by atoms with Gasteiger partial charge >= 0.3 is 0 Å². The number of hydrogen-bond acceptors (Lipinski definition) is 5. The second kappa shape index (κ2) is 5.29. The Bertz CT molecular complexity index is 654. The molecule has 3 rings (SSSR count). The topological polar surface area (TPSA) is 120 Å². The first-order chi connectivity index (χ1) is 10.2. The number of nitrogens with one attached hydrogen (secondary N) is 1. The van der Waals surface area contributed by atoms with Gasteiger partial charge < -0.3 is 10.1 Å². The van der Waals surface area contributed by atoms with Crippen molar-refractivity contribution < 1.29 is 14.3 Å². The molecule has 2 aliphatic heterocycles. The number of carbonyl (C=O) groups is 2. The summed E-state index contributed by atoms with van der Waals surface area (Å²) in [5.74, 6) is 0.875. The third kappa shape index (κ3) is 2.59. The highest BCUT2D eigenvalue weighted by Gasteiger charge is 2.31. The van der Waals surface area contributed by atoms with Crippen LogP contribution < -0.4 is 15.0 Å². The van der Waals surface area contributed by atoms with Gasteiger partial charge in [0, 0.05) is 24.4 Å². The summed E-state index contributed by atoms with van der Waals surface area (Å²) in [6, 6.07) is 3.34. The van der Waals surface area contributed by atoms with Crippen molar-refractivity contribution >= 4 is 23.5 Å². The van der Waals surface area contributed by atoms with Crippen LogP contribution in [-0.2, 0) is 9.59 Å². The molecule has 0 bridgehead atoms. The van der Waals surface area contributed by atoms with Crippen molar-refractivity contribution in [2.45, 2.75) is 6.42 Å². The van der Waals surface area contributed by atoms with Crippen LogP contribution in [0.5, 0.6) is 5.75 Å². The molecule has 1 N–H and O–H groups in total. The van der Waals surface area contributed by atoms with Gasteiger partial charge in [-0.1, -0.05) is 5.11 Å². The smallest absolute Gasteiger partial charge is 0.263 e. The third-order valence-electron chi connectivity index (χ3n) is 3.34. The van der Waals surface area contributed by atoms with Crippen LogP contribution in [0.4, 0.5) is 11.6 Å². The molecule has 1 fully saturated rings. The Morgan fingerprint density at radius 3 is 3.19 bits per heavy atom. The number of carbonyl (C=O) groups excluding carboxylic acids is 2. The van der Waals surface area contributed by atoms with Gasteiger partial charge in [0.05, 0.1) is 0 Å². The maximum Gasteiger partial charge on any atom is 0.263 e. The lowest BCUT2D eigenvalue weighted by atomic mass is 10.1. The molecular weight excluding hydrogens is 276 g/mol. The van der Waals surface area contributed by atoms with E-state index < -0.39 is 0 Å². The summed E-state index contributed by atoms with van der Waals surface area (Å²) in [7, 11) is 0. The van der Waals surface area contributed by atoms with Gasteiger partial charge in [0.15, 0.2) is 18.2 Å². The second-order valence-corrected chi connectivity index (χ2v) is 4.84. The summed E-state index contributed by atoms with van der Waals surface area (Å²) in [5.41, 5.74) is 8.33. The average molecular weight is 288 g/mol. The molecule has 1 aromatic heterocycles. The Morgan fingerprint density at radius 1 is 1.52 bits per heavy atom. The second-order valence-electron chi connectivity index (χ2n) is 4.84. The monoisotopic (exact) mass is 288 g/mol. The Labute approximate surface area is 119 Å². The van der Waals surface area contributed by atoms with Crippen LogP contribution in [-0.4, -0.2) is 36.5 Å².